The minimum atomic E-state index is -0.288. The summed E-state index contributed by atoms with van der Waals surface area (Å²) in [6, 6.07) is 18.1. The van der Waals surface area contributed by atoms with Gasteiger partial charge in [-0.25, -0.2) is 0 Å². The molecule has 0 aliphatic carbocycles. The molecule has 0 heterocycles. The molecule has 0 amide bonds. The number of benzene rings is 3. The maximum atomic E-state index is 6.71. The second-order valence-electron chi connectivity index (χ2n) is 4.71. The van der Waals surface area contributed by atoms with Crippen LogP contribution in [0.2, 0.25) is 5.02 Å². The second-order valence-corrected chi connectivity index (χ2v) is 7.32. The molecular weight excluding hydrogens is 435 g/mol. The van der Waals surface area contributed by atoms with E-state index in [0.29, 0.717) is 5.02 Å². The summed E-state index contributed by atoms with van der Waals surface area (Å²) < 4.78 is 2.01. The zero-order chi connectivity index (χ0) is 15.0. The van der Waals surface area contributed by atoms with Crippen LogP contribution in [-0.2, 0) is 0 Å². The maximum absolute atomic E-state index is 6.71. The van der Waals surface area contributed by atoms with Gasteiger partial charge in [0.25, 0.3) is 0 Å². The van der Waals surface area contributed by atoms with Gasteiger partial charge in [0.15, 0.2) is 0 Å². The highest BCUT2D eigenvalue weighted by molar-refractivity contribution is 9.11. The third-order valence-electron chi connectivity index (χ3n) is 3.41. The fourth-order valence-electron chi connectivity index (χ4n) is 2.38. The van der Waals surface area contributed by atoms with Crippen LogP contribution >= 0.6 is 55.1 Å². The van der Waals surface area contributed by atoms with Gasteiger partial charge in [0.05, 0.1) is 5.38 Å². The molecule has 0 aliphatic heterocycles. The Bertz CT molecular complexity index is 815. The van der Waals surface area contributed by atoms with Crippen molar-refractivity contribution in [3.8, 4) is 0 Å². The molecule has 21 heavy (non-hydrogen) atoms. The fourth-order valence-corrected chi connectivity index (χ4v) is 4.08. The first-order chi connectivity index (χ1) is 10.1. The van der Waals surface area contributed by atoms with E-state index >= 15 is 0 Å². The Labute approximate surface area is 150 Å². The van der Waals surface area contributed by atoms with E-state index in [9.17, 15) is 0 Å². The number of rotatable bonds is 2. The van der Waals surface area contributed by atoms with Gasteiger partial charge in [-0.2, -0.15) is 0 Å². The summed E-state index contributed by atoms with van der Waals surface area (Å²) in [6.07, 6.45) is 0. The Morgan fingerprint density at radius 3 is 2.19 bits per heavy atom. The van der Waals surface area contributed by atoms with E-state index in [2.05, 4.69) is 44.0 Å². The largest absolute Gasteiger partial charge is 0.113 e. The zero-order valence-corrected chi connectivity index (χ0v) is 15.5. The van der Waals surface area contributed by atoms with E-state index in [1.54, 1.807) is 0 Å². The lowest BCUT2D eigenvalue weighted by Crippen LogP contribution is -1.96. The number of alkyl halides is 1. The van der Waals surface area contributed by atoms with E-state index in [4.69, 9.17) is 23.2 Å². The molecule has 106 valence electrons. The van der Waals surface area contributed by atoms with Gasteiger partial charge in [0.2, 0.25) is 0 Å². The topological polar surface area (TPSA) is 0 Å². The van der Waals surface area contributed by atoms with Crippen molar-refractivity contribution in [3.05, 3.63) is 79.7 Å². The lowest BCUT2D eigenvalue weighted by atomic mass is 9.98. The van der Waals surface area contributed by atoms with Crippen LogP contribution < -0.4 is 0 Å². The van der Waals surface area contributed by atoms with Crippen LogP contribution in [0, 0.1) is 0 Å². The molecule has 0 radical (unpaired) electrons. The van der Waals surface area contributed by atoms with E-state index < -0.39 is 0 Å². The summed E-state index contributed by atoms with van der Waals surface area (Å²) >= 11 is 20.0. The molecule has 4 heteroatoms. The molecule has 3 aromatic carbocycles. The van der Waals surface area contributed by atoms with E-state index in [0.717, 1.165) is 30.8 Å². The van der Waals surface area contributed by atoms with E-state index in [1.807, 2.05) is 42.5 Å². The lowest BCUT2D eigenvalue weighted by molar-refractivity contribution is 1.16. The minimum absolute atomic E-state index is 0.288. The van der Waals surface area contributed by atoms with Crippen molar-refractivity contribution in [2.24, 2.45) is 0 Å². The average Bonchev–Trinajstić information content (AvgIpc) is 2.47. The summed E-state index contributed by atoms with van der Waals surface area (Å²) in [7, 11) is 0. The third-order valence-corrected chi connectivity index (χ3v) is 5.40. The van der Waals surface area contributed by atoms with Crippen LogP contribution in [0.5, 0.6) is 0 Å². The van der Waals surface area contributed by atoms with Gasteiger partial charge in [-0.3, -0.25) is 0 Å². The standard InChI is InChI=1S/C17H10Br2Cl2/c18-10-5-6-14(16(20)9-10)17(21)13-7-8-15(19)12-4-2-1-3-11(12)13/h1-9,17H. The van der Waals surface area contributed by atoms with Crippen molar-refractivity contribution >= 4 is 65.8 Å². The van der Waals surface area contributed by atoms with Gasteiger partial charge >= 0.3 is 0 Å². The van der Waals surface area contributed by atoms with Crippen LogP contribution in [0.25, 0.3) is 10.8 Å². The molecule has 0 saturated heterocycles. The van der Waals surface area contributed by atoms with Crippen molar-refractivity contribution in [1.82, 2.24) is 0 Å². The predicted octanol–water partition coefficient (Wildman–Crippen LogP) is 7.35. The van der Waals surface area contributed by atoms with Crippen molar-refractivity contribution in [2.45, 2.75) is 5.38 Å². The molecule has 3 rings (SSSR count). The minimum Gasteiger partial charge on any atom is -0.113 e. The van der Waals surface area contributed by atoms with E-state index in [1.165, 1.54) is 0 Å². The maximum Gasteiger partial charge on any atom is 0.0855 e. The summed E-state index contributed by atoms with van der Waals surface area (Å²) in [5, 5.41) is 2.65. The Hall–Kier alpha value is -0.540. The summed E-state index contributed by atoms with van der Waals surface area (Å²) in [4.78, 5) is 0. The molecule has 3 aromatic rings. The van der Waals surface area contributed by atoms with Crippen molar-refractivity contribution in [2.75, 3.05) is 0 Å². The van der Waals surface area contributed by atoms with Gasteiger partial charge in [-0.1, -0.05) is 79.9 Å². The number of fused-ring (bicyclic) bond motifs is 1. The SMILES string of the molecule is Clc1cc(Br)ccc1C(Cl)c1ccc(Br)c2ccccc12. The van der Waals surface area contributed by atoms with Crippen LogP contribution in [0.3, 0.4) is 0 Å². The first kappa shape index (κ1) is 15.4. The molecule has 0 N–H and O–H groups in total. The molecule has 0 spiro atoms. The Morgan fingerprint density at radius 2 is 1.48 bits per heavy atom. The van der Waals surface area contributed by atoms with Crippen LogP contribution in [0.15, 0.2) is 63.5 Å². The summed E-state index contributed by atoms with van der Waals surface area (Å²) in [5.41, 5.74) is 1.97. The van der Waals surface area contributed by atoms with Gasteiger partial charge in [-0.15, -0.1) is 11.6 Å². The van der Waals surface area contributed by atoms with Crippen LogP contribution in [0.4, 0.5) is 0 Å². The summed E-state index contributed by atoms with van der Waals surface area (Å²) in [6.45, 7) is 0. The first-order valence-electron chi connectivity index (χ1n) is 6.34. The quantitative estimate of drug-likeness (QED) is 0.362. The molecule has 1 atom stereocenters. The fraction of sp³-hybridized carbons (Fsp3) is 0.0588. The number of hydrogen-bond acceptors (Lipinski definition) is 0. The highest BCUT2D eigenvalue weighted by atomic mass is 79.9. The normalized spacial score (nSPS) is 12.6. The predicted molar refractivity (Wildman–Crippen MR) is 98.5 cm³/mol. The van der Waals surface area contributed by atoms with Crippen LogP contribution in [0.1, 0.15) is 16.5 Å². The average molecular weight is 445 g/mol. The Kier molecular flexibility index (Phi) is 4.60. The molecule has 0 aromatic heterocycles. The molecule has 0 fully saturated rings. The highest BCUT2D eigenvalue weighted by Gasteiger charge is 2.17. The van der Waals surface area contributed by atoms with Gasteiger partial charge in [0.1, 0.15) is 0 Å². The molecular formula is C17H10Br2Cl2. The Morgan fingerprint density at radius 1 is 0.810 bits per heavy atom. The third kappa shape index (κ3) is 3.00. The number of hydrogen-bond donors (Lipinski definition) is 0. The van der Waals surface area contributed by atoms with Crippen molar-refractivity contribution in [3.63, 3.8) is 0 Å². The lowest BCUT2D eigenvalue weighted by Gasteiger charge is -2.16. The monoisotopic (exact) mass is 442 g/mol. The van der Waals surface area contributed by atoms with E-state index in [-0.39, 0.29) is 5.38 Å². The van der Waals surface area contributed by atoms with Gasteiger partial charge in [0, 0.05) is 14.0 Å². The molecule has 0 aliphatic rings. The van der Waals surface area contributed by atoms with Crippen molar-refractivity contribution < 1.29 is 0 Å². The molecule has 0 nitrogen and oxygen atoms in total. The summed E-state index contributed by atoms with van der Waals surface area (Å²) in [5.74, 6) is 0. The molecule has 1 unspecified atom stereocenters. The smallest absolute Gasteiger partial charge is 0.0855 e. The molecule has 0 saturated carbocycles. The van der Waals surface area contributed by atoms with Crippen LogP contribution in [-0.4, -0.2) is 0 Å². The highest BCUT2D eigenvalue weighted by Crippen LogP contribution is 2.39. The van der Waals surface area contributed by atoms with Gasteiger partial charge in [-0.05, 0) is 40.1 Å². The zero-order valence-electron chi connectivity index (χ0n) is 10.8. The Balaban J connectivity index is 2.18. The van der Waals surface area contributed by atoms with Gasteiger partial charge < -0.3 is 0 Å². The second kappa shape index (κ2) is 6.29. The number of halogens is 4. The molecule has 0 bridgehead atoms. The van der Waals surface area contributed by atoms with Crippen molar-refractivity contribution in [1.29, 1.82) is 0 Å². The first-order valence-corrected chi connectivity index (χ1v) is 8.74.